The van der Waals surface area contributed by atoms with Gasteiger partial charge in [0.15, 0.2) is 0 Å². The van der Waals surface area contributed by atoms with Crippen molar-refractivity contribution in [1.82, 2.24) is 0 Å². The van der Waals surface area contributed by atoms with Crippen molar-refractivity contribution in [2.75, 3.05) is 12.4 Å². The monoisotopic (exact) mass is 315 g/mol. The van der Waals surface area contributed by atoms with E-state index in [1.807, 2.05) is 12.1 Å². The number of amides is 1. The first kappa shape index (κ1) is 16.0. The van der Waals surface area contributed by atoms with E-state index >= 15 is 0 Å². The topological polar surface area (TPSA) is 55.4 Å². The molecule has 124 valence electrons. The maximum atomic E-state index is 12.5. The molecule has 2 aliphatic carbocycles. The molecule has 2 fully saturated rings. The van der Waals surface area contributed by atoms with E-state index < -0.39 is 0 Å². The fourth-order valence-corrected chi connectivity index (χ4v) is 3.38. The van der Waals surface area contributed by atoms with Crippen molar-refractivity contribution >= 4 is 17.6 Å². The number of anilines is 1. The molecule has 23 heavy (non-hydrogen) atoms. The van der Waals surface area contributed by atoms with E-state index in [1.54, 1.807) is 6.07 Å². The highest BCUT2D eigenvalue weighted by atomic mass is 16.5. The second-order valence-electron chi connectivity index (χ2n) is 7.06. The molecule has 0 bridgehead atoms. The van der Waals surface area contributed by atoms with Crippen LogP contribution in [0.15, 0.2) is 18.2 Å². The van der Waals surface area contributed by atoms with Crippen LogP contribution in [0.4, 0.5) is 5.69 Å². The number of hydrogen-bond donors (Lipinski definition) is 1. The van der Waals surface area contributed by atoms with Crippen LogP contribution in [-0.4, -0.2) is 19.0 Å². The first-order valence-electron chi connectivity index (χ1n) is 8.61. The van der Waals surface area contributed by atoms with Crippen molar-refractivity contribution in [3.63, 3.8) is 0 Å². The molecular weight excluding hydrogens is 290 g/mol. The molecule has 4 heteroatoms. The highest BCUT2D eigenvalue weighted by molar-refractivity contribution is 5.95. The Hall–Kier alpha value is -1.84. The van der Waals surface area contributed by atoms with Crippen molar-refractivity contribution < 1.29 is 14.3 Å². The summed E-state index contributed by atoms with van der Waals surface area (Å²) < 4.78 is 4.83. The van der Waals surface area contributed by atoms with Crippen molar-refractivity contribution in [2.45, 2.75) is 51.4 Å². The first-order chi connectivity index (χ1) is 11.1. The summed E-state index contributed by atoms with van der Waals surface area (Å²) in [5.74, 6) is 1.07. The van der Waals surface area contributed by atoms with Crippen LogP contribution in [0.25, 0.3) is 0 Å². The third kappa shape index (κ3) is 3.92. The van der Waals surface area contributed by atoms with Crippen LogP contribution in [-0.2, 0) is 9.53 Å². The van der Waals surface area contributed by atoms with Gasteiger partial charge >= 0.3 is 5.97 Å². The Labute approximate surface area is 137 Å². The average molecular weight is 315 g/mol. The molecule has 0 atom stereocenters. The molecule has 0 aliphatic heterocycles. The van der Waals surface area contributed by atoms with E-state index in [9.17, 15) is 9.59 Å². The van der Waals surface area contributed by atoms with Gasteiger partial charge in [-0.05, 0) is 74.1 Å². The molecule has 1 amide bonds. The molecular formula is C19H25NO3. The molecule has 2 aliphatic rings. The Kier molecular flexibility index (Phi) is 4.69. The Balaban J connectivity index is 1.74. The minimum atomic E-state index is -0.352. The van der Waals surface area contributed by atoms with Crippen LogP contribution < -0.4 is 5.32 Å². The number of esters is 1. The molecule has 1 aromatic carbocycles. The standard InChI is InChI=1S/C19H25NO3/c1-12-3-5-14(6-4-12)18(21)20-17-10-15(13-7-8-13)9-16(11-17)19(22)23-2/h9-14H,3-8H2,1-2H3,(H,20,21). The maximum absolute atomic E-state index is 12.5. The van der Waals surface area contributed by atoms with Gasteiger partial charge in [-0.1, -0.05) is 6.92 Å². The molecule has 3 rings (SSSR count). The molecule has 0 heterocycles. The van der Waals surface area contributed by atoms with E-state index in [1.165, 1.54) is 7.11 Å². The zero-order valence-electron chi connectivity index (χ0n) is 13.9. The van der Waals surface area contributed by atoms with Crippen LogP contribution in [0.3, 0.4) is 0 Å². The fraction of sp³-hybridized carbons (Fsp3) is 0.579. The van der Waals surface area contributed by atoms with Gasteiger partial charge in [-0.2, -0.15) is 0 Å². The van der Waals surface area contributed by atoms with Crippen LogP contribution in [0.1, 0.15) is 67.3 Å². The fourth-order valence-electron chi connectivity index (χ4n) is 3.38. The van der Waals surface area contributed by atoms with Crippen molar-refractivity contribution in [2.24, 2.45) is 11.8 Å². The number of benzene rings is 1. The van der Waals surface area contributed by atoms with E-state index in [2.05, 4.69) is 12.2 Å². The number of hydrogen-bond acceptors (Lipinski definition) is 3. The van der Waals surface area contributed by atoms with Gasteiger partial charge in [0, 0.05) is 11.6 Å². The Morgan fingerprint density at radius 3 is 2.35 bits per heavy atom. The lowest BCUT2D eigenvalue weighted by Crippen LogP contribution is -2.26. The molecule has 0 saturated heterocycles. The van der Waals surface area contributed by atoms with Crippen LogP contribution in [0, 0.1) is 11.8 Å². The van der Waals surface area contributed by atoms with Crippen molar-refractivity contribution in [1.29, 1.82) is 0 Å². The third-order valence-electron chi connectivity index (χ3n) is 5.08. The largest absolute Gasteiger partial charge is 0.465 e. The van der Waals surface area contributed by atoms with Gasteiger partial charge in [0.25, 0.3) is 0 Å². The summed E-state index contributed by atoms with van der Waals surface area (Å²) in [6, 6.07) is 5.62. The molecule has 2 saturated carbocycles. The summed E-state index contributed by atoms with van der Waals surface area (Å²) in [7, 11) is 1.38. The van der Waals surface area contributed by atoms with Crippen LogP contribution in [0.5, 0.6) is 0 Å². The van der Waals surface area contributed by atoms with Gasteiger partial charge < -0.3 is 10.1 Å². The average Bonchev–Trinajstić information content (AvgIpc) is 3.39. The highest BCUT2D eigenvalue weighted by Gasteiger charge is 2.27. The summed E-state index contributed by atoms with van der Waals surface area (Å²) in [6.07, 6.45) is 6.45. The number of ether oxygens (including phenoxy) is 1. The van der Waals surface area contributed by atoms with E-state index in [4.69, 9.17) is 4.74 Å². The Morgan fingerprint density at radius 1 is 1.04 bits per heavy atom. The smallest absolute Gasteiger partial charge is 0.337 e. The van der Waals surface area contributed by atoms with Gasteiger partial charge in [-0.15, -0.1) is 0 Å². The Bertz CT molecular complexity index is 599. The summed E-state index contributed by atoms with van der Waals surface area (Å²) >= 11 is 0. The van der Waals surface area contributed by atoms with E-state index in [-0.39, 0.29) is 17.8 Å². The number of methoxy groups -OCH3 is 1. The van der Waals surface area contributed by atoms with Gasteiger partial charge in [-0.25, -0.2) is 4.79 Å². The van der Waals surface area contributed by atoms with Crippen molar-refractivity contribution in [3.8, 4) is 0 Å². The summed E-state index contributed by atoms with van der Waals surface area (Å²) in [5, 5.41) is 3.02. The Morgan fingerprint density at radius 2 is 1.74 bits per heavy atom. The van der Waals surface area contributed by atoms with Crippen LogP contribution in [0.2, 0.25) is 0 Å². The lowest BCUT2D eigenvalue weighted by molar-refractivity contribution is -0.121. The lowest BCUT2D eigenvalue weighted by Gasteiger charge is -2.25. The zero-order chi connectivity index (χ0) is 16.4. The number of carbonyl (C=O) groups excluding carboxylic acids is 2. The van der Waals surface area contributed by atoms with Gasteiger partial charge in [-0.3, -0.25) is 4.79 Å². The number of rotatable bonds is 4. The predicted octanol–water partition coefficient (Wildman–Crippen LogP) is 4.12. The second-order valence-corrected chi connectivity index (χ2v) is 7.06. The van der Waals surface area contributed by atoms with Crippen LogP contribution >= 0.6 is 0 Å². The van der Waals surface area contributed by atoms with Gasteiger partial charge in [0.2, 0.25) is 5.91 Å². The minimum Gasteiger partial charge on any atom is -0.465 e. The second kappa shape index (κ2) is 6.73. The summed E-state index contributed by atoms with van der Waals surface area (Å²) in [4.78, 5) is 24.3. The molecule has 0 spiro atoms. The van der Waals surface area contributed by atoms with Gasteiger partial charge in [0.05, 0.1) is 12.7 Å². The van der Waals surface area contributed by atoms with Crippen molar-refractivity contribution in [3.05, 3.63) is 29.3 Å². The van der Waals surface area contributed by atoms with Gasteiger partial charge in [0.1, 0.15) is 0 Å². The lowest BCUT2D eigenvalue weighted by atomic mass is 9.82. The predicted molar refractivity (Wildman–Crippen MR) is 89.5 cm³/mol. The quantitative estimate of drug-likeness (QED) is 0.851. The SMILES string of the molecule is COC(=O)c1cc(NC(=O)C2CCC(C)CC2)cc(C2CC2)c1. The molecule has 0 aromatic heterocycles. The minimum absolute atomic E-state index is 0.0839. The number of nitrogens with one attached hydrogen (secondary N) is 1. The number of carbonyl (C=O) groups is 2. The molecule has 0 unspecified atom stereocenters. The molecule has 4 nitrogen and oxygen atoms in total. The maximum Gasteiger partial charge on any atom is 0.337 e. The summed E-state index contributed by atoms with van der Waals surface area (Å²) in [5.41, 5.74) is 2.36. The first-order valence-corrected chi connectivity index (χ1v) is 8.61. The zero-order valence-corrected chi connectivity index (χ0v) is 13.9. The van der Waals surface area contributed by atoms with E-state index in [0.717, 1.165) is 55.7 Å². The van der Waals surface area contributed by atoms with E-state index in [0.29, 0.717) is 11.5 Å². The highest BCUT2D eigenvalue weighted by Crippen LogP contribution is 2.41. The molecule has 1 aromatic rings. The summed E-state index contributed by atoms with van der Waals surface area (Å²) in [6.45, 7) is 2.25. The molecule has 1 N–H and O–H groups in total. The normalized spacial score (nSPS) is 24.1. The molecule has 0 radical (unpaired) electrons. The third-order valence-corrected chi connectivity index (χ3v) is 5.08.